The lowest BCUT2D eigenvalue weighted by atomic mass is 10.1. The van der Waals surface area contributed by atoms with E-state index in [1.807, 2.05) is 25.1 Å². The molecule has 0 aromatic heterocycles. The van der Waals surface area contributed by atoms with E-state index in [1.54, 1.807) is 0 Å². The summed E-state index contributed by atoms with van der Waals surface area (Å²) in [4.78, 5) is 2.43. The van der Waals surface area contributed by atoms with Crippen LogP contribution in [0.15, 0.2) is 24.3 Å². The van der Waals surface area contributed by atoms with Gasteiger partial charge in [-0.15, -0.1) is 0 Å². The van der Waals surface area contributed by atoms with Gasteiger partial charge in [-0.25, -0.2) is 0 Å². The number of ether oxygens (including phenoxy) is 2. The van der Waals surface area contributed by atoms with E-state index in [0.717, 1.165) is 58.0 Å². The minimum Gasteiger partial charge on any atom is -0.493 e. The molecule has 1 aliphatic heterocycles. The van der Waals surface area contributed by atoms with E-state index in [0.29, 0.717) is 0 Å². The summed E-state index contributed by atoms with van der Waals surface area (Å²) in [5, 5.41) is 0. The maximum Gasteiger partial charge on any atom is 0.122 e. The highest BCUT2D eigenvalue weighted by Gasteiger charge is 2.10. The lowest BCUT2D eigenvalue weighted by Crippen LogP contribution is -2.37. The van der Waals surface area contributed by atoms with Crippen LogP contribution < -0.4 is 10.5 Å². The Kier molecular flexibility index (Phi) is 6.30. The third-order valence-electron chi connectivity index (χ3n) is 3.49. The average molecular weight is 278 g/mol. The molecule has 4 nitrogen and oxygen atoms in total. The number of benzene rings is 1. The third kappa shape index (κ3) is 5.12. The second kappa shape index (κ2) is 8.25. The van der Waals surface area contributed by atoms with Crippen molar-refractivity contribution >= 4 is 0 Å². The number of nitrogens with two attached hydrogens (primary N) is 1. The zero-order chi connectivity index (χ0) is 14.2. The molecule has 1 saturated heterocycles. The minimum absolute atomic E-state index is 0.160. The Labute approximate surface area is 121 Å². The molecule has 0 bridgehead atoms. The first-order chi connectivity index (χ1) is 9.75. The summed E-state index contributed by atoms with van der Waals surface area (Å²) in [5.41, 5.74) is 7.07. The van der Waals surface area contributed by atoms with Gasteiger partial charge < -0.3 is 15.2 Å². The van der Waals surface area contributed by atoms with Crippen LogP contribution in [0, 0.1) is 0 Å². The summed E-state index contributed by atoms with van der Waals surface area (Å²) in [6, 6.07) is 8.35. The van der Waals surface area contributed by atoms with E-state index in [9.17, 15) is 0 Å². The van der Waals surface area contributed by atoms with Crippen LogP contribution in [-0.2, 0) is 11.2 Å². The molecule has 2 rings (SSSR count). The highest BCUT2D eigenvalue weighted by molar-refractivity contribution is 5.33. The summed E-state index contributed by atoms with van der Waals surface area (Å²) < 4.78 is 11.3. The fourth-order valence-electron chi connectivity index (χ4n) is 2.46. The van der Waals surface area contributed by atoms with Gasteiger partial charge in [0, 0.05) is 25.7 Å². The topological polar surface area (TPSA) is 47.7 Å². The fourth-order valence-corrected chi connectivity index (χ4v) is 2.46. The van der Waals surface area contributed by atoms with E-state index < -0.39 is 0 Å². The molecule has 112 valence electrons. The molecular weight excluding hydrogens is 252 g/mol. The number of hydrogen-bond acceptors (Lipinski definition) is 4. The first-order valence-corrected chi connectivity index (χ1v) is 7.52. The molecule has 1 aliphatic rings. The summed E-state index contributed by atoms with van der Waals surface area (Å²) in [6.45, 7) is 7.67. The van der Waals surface area contributed by atoms with Crippen molar-refractivity contribution in [2.24, 2.45) is 5.73 Å². The Morgan fingerprint density at radius 1 is 1.30 bits per heavy atom. The van der Waals surface area contributed by atoms with Gasteiger partial charge in [-0.3, -0.25) is 4.90 Å². The van der Waals surface area contributed by atoms with E-state index >= 15 is 0 Å². The molecule has 0 radical (unpaired) electrons. The monoisotopic (exact) mass is 278 g/mol. The molecule has 1 aromatic carbocycles. The van der Waals surface area contributed by atoms with Crippen LogP contribution in [-0.4, -0.2) is 50.4 Å². The Hall–Kier alpha value is -1.10. The first kappa shape index (κ1) is 15.3. The Morgan fingerprint density at radius 3 is 2.80 bits per heavy atom. The van der Waals surface area contributed by atoms with Crippen molar-refractivity contribution in [2.45, 2.75) is 25.8 Å². The molecule has 1 unspecified atom stereocenters. The van der Waals surface area contributed by atoms with Crippen molar-refractivity contribution in [3.63, 3.8) is 0 Å². The van der Waals surface area contributed by atoms with Crippen LogP contribution in [0.4, 0.5) is 0 Å². The lowest BCUT2D eigenvalue weighted by molar-refractivity contribution is 0.0358. The van der Waals surface area contributed by atoms with Crippen LogP contribution >= 0.6 is 0 Å². The zero-order valence-corrected chi connectivity index (χ0v) is 12.4. The number of nitrogens with zero attached hydrogens (tertiary/aromatic N) is 1. The molecule has 0 spiro atoms. The summed E-state index contributed by atoms with van der Waals surface area (Å²) in [6.07, 6.45) is 1.91. The first-order valence-electron chi connectivity index (χ1n) is 7.52. The van der Waals surface area contributed by atoms with Crippen molar-refractivity contribution in [1.29, 1.82) is 0 Å². The molecule has 0 saturated carbocycles. The van der Waals surface area contributed by atoms with Gasteiger partial charge in [0.2, 0.25) is 0 Å². The molecular formula is C16H26N2O2. The van der Waals surface area contributed by atoms with Crippen molar-refractivity contribution in [2.75, 3.05) is 39.5 Å². The summed E-state index contributed by atoms with van der Waals surface area (Å²) in [5.74, 6) is 0.978. The second-order valence-corrected chi connectivity index (χ2v) is 5.45. The van der Waals surface area contributed by atoms with Crippen LogP contribution in [0.2, 0.25) is 0 Å². The predicted octanol–water partition coefficient (Wildman–Crippen LogP) is 1.68. The number of rotatable bonds is 7. The van der Waals surface area contributed by atoms with Gasteiger partial charge in [-0.2, -0.15) is 0 Å². The third-order valence-corrected chi connectivity index (χ3v) is 3.49. The maximum absolute atomic E-state index is 5.92. The molecule has 1 atom stereocenters. The van der Waals surface area contributed by atoms with Crippen molar-refractivity contribution in [3.05, 3.63) is 29.8 Å². The molecule has 1 aromatic rings. The predicted molar refractivity (Wildman–Crippen MR) is 81.2 cm³/mol. The van der Waals surface area contributed by atoms with Gasteiger partial charge in [0.15, 0.2) is 0 Å². The van der Waals surface area contributed by atoms with E-state index in [2.05, 4.69) is 11.0 Å². The van der Waals surface area contributed by atoms with Crippen LogP contribution in [0.3, 0.4) is 0 Å². The second-order valence-electron chi connectivity index (χ2n) is 5.45. The van der Waals surface area contributed by atoms with E-state index in [-0.39, 0.29) is 6.04 Å². The molecule has 2 N–H and O–H groups in total. The minimum atomic E-state index is 0.160. The maximum atomic E-state index is 5.92. The van der Waals surface area contributed by atoms with E-state index in [4.69, 9.17) is 15.2 Å². The van der Waals surface area contributed by atoms with Crippen molar-refractivity contribution in [3.8, 4) is 5.75 Å². The SMILES string of the molecule is CC(N)Cc1ccccc1OCCCN1CCOCC1. The Balaban J connectivity index is 1.73. The standard InChI is InChI=1S/C16H26N2O2/c1-14(17)13-15-5-2-3-6-16(15)20-10-4-7-18-8-11-19-12-9-18/h2-3,5-6,14H,4,7-13,17H2,1H3. The smallest absolute Gasteiger partial charge is 0.122 e. The Morgan fingerprint density at radius 2 is 2.05 bits per heavy atom. The van der Waals surface area contributed by atoms with Gasteiger partial charge >= 0.3 is 0 Å². The van der Waals surface area contributed by atoms with Crippen molar-refractivity contribution < 1.29 is 9.47 Å². The average Bonchev–Trinajstić information content (AvgIpc) is 2.46. The quantitative estimate of drug-likeness (QED) is 0.771. The molecule has 0 amide bonds. The molecule has 4 heteroatoms. The van der Waals surface area contributed by atoms with Crippen molar-refractivity contribution in [1.82, 2.24) is 4.90 Å². The number of para-hydroxylation sites is 1. The normalized spacial score (nSPS) is 17.9. The molecule has 20 heavy (non-hydrogen) atoms. The Bertz CT molecular complexity index is 390. The van der Waals surface area contributed by atoms with Gasteiger partial charge in [0.05, 0.1) is 19.8 Å². The highest BCUT2D eigenvalue weighted by Crippen LogP contribution is 2.19. The largest absolute Gasteiger partial charge is 0.493 e. The highest BCUT2D eigenvalue weighted by atomic mass is 16.5. The zero-order valence-electron chi connectivity index (χ0n) is 12.4. The van der Waals surface area contributed by atoms with Crippen LogP contribution in [0.25, 0.3) is 0 Å². The number of morpholine rings is 1. The van der Waals surface area contributed by atoms with Gasteiger partial charge in [-0.1, -0.05) is 18.2 Å². The summed E-state index contributed by atoms with van der Waals surface area (Å²) >= 11 is 0. The van der Waals surface area contributed by atoms with Crippen LogP contribution in [0.1, 0.15) is 18.9 Å². The van der Waals surface area contributed by atoms with Crippen LogP contribution in [0.5, 0.6) is 5.75 Å². The molecule has 0 aliphatic carbocycles. The summed E-state index contributed by atoms with van der Waals surface area (Å²) in [7, 11) is 0. The lowest BCUT2D eigenvalue weighted by Gasteiger charge is -2.26. The molecule has 1 fully saturated rings. The van der Waals surface area contributed by atoms with Gasteiger partial charge in [0.1, 0.15) is 5.75 Å². The van der Waals surface area contributed by atoms with Gasteiger partial charge in [-0.05, 0) is 31.4 Å². The molecule has 1 heterocycles. The number of hydrogen-bond donors (Lipinski definition) is 1. The fraction of sp³-hybridized carbons (Fsp3) is 0.625. The van der Waals surface area contributed by atoms with Gasteiger partial charge in [0.25, 0.3) is 0 Å². The van der Waals surface area contributed by atoms with E-state index in [1.165, 1.54) is 5.56 Å².